The van der Waals surface area contributed by atoms with E-state index in [1.54, 1.807) is 42.4 Å². The van der Waals surface area contributed by atoms with Crippen LogP contribution in [0.1, 0.15) is 62.3 Å². The second-order valence-corrected chi connectivity index (χ2v) is 11.9. The Hall–Kier alpha value is -4.08. The van der Waals surface area contributed by atoms with Gasteiger partial charge in [-0.15, -0.1) is 11.3 Å². The zero-order valence-corrected chi connectivity index (χ0v) is 25.6. The number of aryl methyl sites for hydroxylation is 1. The van der Waals surface area contributed by atoms with Crippen LogP contribution in [0.15, 0.2) is 78.4 Å². The number of carbonyl (C=O) groups excluding carboxylic acids is 2. The van der Waals surface area contributed by atoms with Crippen molar-refractivity contribution in [3.63, 3.8) is 0 Å². The Bertz CT molecular complexity index is 1490. The number of pyridine rings is 1. The minimum Gasteiger partial charge on any atom is -0.389 e. The lowest BCUT2D eigenvalue weighted by atomic mass is 9.99. The molecule has 4 rings (SSSR count). The fourth-order valence-corrected chi connectivity index (χ4v) is 5.47. The first-order valence-corrected chi connectivity index (χ1v) is 14.9. The zero-order chi connectivity index (χ0) is 30.2. The second kappa shape index (κ2) is 14.2. The van der Waals surface area contributed by atoms with Crippen molar-refractivity contribution < 1.29 is 14.7 Å². The van der Waals surface area contributed by atoms with Crippen molar-refractivity contribution in [2.24, 2.45) is 0 Å². The number of benzene rings is 2. The van der Waals surface area contributed by atoms with Crippen molar-refractivity contribution in [3.05, 3.63) is 111 Å². The quantitative estimate of drug-likeness (QED) is 0.241. The molecule has 0 aliphatic carbocycles. The lowest BCUT2D eigenvalue weighted by Crippen LogP contribution is -2.49. The van der Waals surface area contributed by atoms with Gasteiger partial charge in [0.15, 0.2) is 0 Å². The SMILES string of the molecule is Cc1csc(CN(C)C(=O)c2cccc(C(=O)N[C@H](Cc3ccccc3)[C@@H](O)CN(C)c3cncc(C(C)C)c3)c2)n1. The molecule has 0 aliphatic rings. The van der Waals surface area contributed by atoms with Crippen LogP contribution in [0.3, 0.4) is 0 Å². The summed E-state index contributed by atoms with van der Waals surface area (Å²) in [5.74, 6) is -0.217. The maximum absolute atomic E-state index is 13.5. The molecule has 0 saturated carbocycles. The summed E-state index contributed by atoms with van der Waals surface area (Å²) in [6.07, 6.45) is 3.20. The van der Waals surface area contributed by atoms with E-state index in [1.807, 2.05) is 60.8 Å². The molecule has 4 aromatic rings. The minimum atomic E-state index is -0.875. The number of anilines is 1. The van der Waals surface area contributed by atoms with Crippen molar-refractivity contribution in [2.75, 3.05) is 25.5 Å². The second-order valence-electron chi connectivity index (χ2n) is 11.0. The van der Waals surface area contributed by atoms with Crippen molar-refractivity contribution >= 4 is 28.8 Å². The molecule has 2 aromatic heterocycles. The summed E-state index contributed by atoms with van der Waals surface area (Å²) in [4.78, 5) is 39.0. The number of aliphatic hydroxyl groups is 1. The Morgan fingerprint density at radius 2 is 1.74 bits per heavy atom. The average molecular weight is 586 g/mol. The number of thiazole rings is 1. The Labute approximate surface area is 252 Å². The highest BCUT2D eigenvalue weighted by Crippen LogP contribution is 2.20. The third-order valence-corrected chi connectivity index (χ3v) is 8.10. The molecule has 220 valence electrons. The standard InChI is InChI=1S/C33H39N5O3S/c1-22(2)27-16-28(18-34-17-27)37(4)19-30(39)29(14-24-10-7-6-8-11-24)36-32(40)25-12-9-13-26(15-25)33(41)38(5)20-31-35-23(3)21-42-31/h6-13,15-18,21-22,29-30,39H,14,19-20H2,1-5H3,(H,36,40)/t29-,30+/m1/s1. The number of nitrogens with one attached hydrogen (secondary N) is 1. The highest BCUT2D eigenvalue weighted by atomic mass is 32.1. The molecule has 0 aliphatic heterocycles. The van der Waals surface area contributed by atoms with Gasteiger partial charge in [0, 0.05) is 49.0 Å². The number of amides is 2. The summed E-state index contributed by atoms with van der Waals surface area (Å²) in [5.41, 5.74) is 4.70. The largest absolute Gasteiger partial charge is 0.389 e. The molecule has 42 heavy (non-hydrogen) atoms. The van der Waals surface area contributed by atoms with Crippen LogP contribution in [0.4, 0.5) is 5.69 Å². The molecule has 0 saturated heterocycles. The van der Waals surface area contributed by atoms with Crippen molar-refractivity contribution in [3.8, 4) is 0 Å². The minimum absolute atomic E-state index is 0.197. The van der Waals surface area contributed by atoms with Gasteiger partial charge in [0.25, 0.3) is 11.8 Å². The molecule has 0 spiro atoms. The maximum atomic E-state index is 13.5. The number of nitrogens with zero attached hydrogens (tertiary/aromatic N) is 4. The summed E-state index contributed by atoms with van der Waals surface area (Å²) < 4.78 is 0. The first-order chi connectivity index (χ1) is 20.1. The summed E-state index contributed by atoms with van der Waals surface area (Å²) >= 11 is 1.51. The number of aromatic nitrogens is 2. The Kier molecular flexibility index (Phi) is 10.4. The number of hydrogen-bond acceptors (Lipinski definition) is 7. The smallest absolute Gasteiger partial charge is 0.253 e. The molecular formula is C33H39N5O3S. The molecule has 8 nitrogen and oxygen atoms in total. The van der Waals surface area contributed by atoms with Crippen molar-refractivity contribution in [2.45, 2.75) is 51.8 Å². The number of hydrogen-bond donors (Lipinski definition) is 2. The molecule has 0 radical (unpaired) electrons. The third-order valence-electron chi connectivity index (χ3n) is 7.15. The van der Waals surface area contributed by atoms with Crippen LogP contribution in [0.25, 0.3) is 0 Å². The molecule has 2 amide bonds. The lowest BCUT2D eigenvalue weighted by molar-refractivity contribution is 0.0784. The summed E-state index contributed by atoms with van der Waals surface area (Å²) in [5, 5.41) is 17.2. The molecule has 0 fully saturated rings. The van der Waals surface area contributed by atoms with Gasteiger partial charge < -0.3 is 20.2 Å². The zero-order valence-electron chi connectivity index (χ0n) is 24.8. The molecule has 9 heteroatoms. The number of rotatable bonds is 12. The topological polar surface area (TPSA) is 98.7 Å². The van der Waals surface area contributed by atoms with Gasteiger partial charge in [0.2, 0.25) is 0 Å². The number of likely N-dealkylation sites (N-methyl/N-ethyl adjacent to an activating group) is 1. The summed E-state index contributed by atoms with van der Waals surface area (Å²) in [7, 11) is 3.63. The van der Waals surface area contributed by atoms with Gasteiger partial charge in [-0.25, -0.2) is 4.98 Å². The van der Waals surface area contributed by atoms with E-state index in [0.717, 1.165) is 27.5 Å². The fraction of sp³-hybridized carbons (Fsp3) is 0.333. The van der Waals surface area contributed by atoms with E-state index in [-0.39, 0.29) is 11.8 Å². The van der Waals surface area contributed by atoms with Gasteiger partial charge >= 0.3 is 0 Å². The van der Waals surface area contributed by atoms with E-state index >= 15 is 0 Å². The molecule has 0 unspecified atom stereocenters. The highest BCUT2D eigenvalue weighted by molar-refractivity contribution is 7.09. The molecule has 0 bridgehead atoms. The van der Waals surface area contributed by atoms with Crippen molar-refractivity contribution in [1.82, 2.24) is 20.2 Å². The van der Waals surface area contributed by atoms with Gasteiger partial charge in [0.05, 0.1) is 30.6 Å². The van der Waals surface area contributed by atoms with E-state index in [2.05, 4.69) is 35.2 Å². The average Bonchev–Trinajstić information content (AvgIpc) is 3.40. The Morgan fingerprint density at radius 3 is 2.43 bits per heavy atom. The monoisotopic (exact) mass is 585 g/mol. The van der Waals surface area contributed by atoms with E-state index in [0.29, 0.717) is 36.6 Å². The first kappa shape index (κ1) is 30.9. The van der Waals surface area contributed by atoms with E-state index in [1.165, 1.54) is 11.3 Å². The highest BCUT2D eigenvalue weighted by Gasteiger charge is 2.25. The van der Waals surface area contributed by atoms with Crippen LogP contribution in [0, 0.1) is 6.92 Å². The van der Waals surface area contributed by atoms with Gasteiger partial charge in [-0.3, -0.25) is 14.6 Å². The predicted octanol–water partition coefficient (Wildman–Crippen LogP) is 5.08. The molecular weight excluding hydrogens is 546 g/mol. The number of aliphatic hydroxyl groups excluding tert-OH is 1. The summed E-state index contributed by atoms with van der Waals surface area (Å²) in [6.45, 7) is 6.83. The van der Waals surface area contributed by atoms with Gasteiger partial charge in [0.1, 0.15) is 5.01 Å². The van der Waals surface area contributed by atoms with Gasteiger partial charge in [-0.2, -0.15) is 0 Å². The first-order valence-electron chi connectivity index (χ1n) is 14.1. The fourth-order valence-electron chi connectivity index (χ4n) is 4.65. The molecule has 2 N–H and O–H groups in total. The number of carbonyl (C=O) groups is 2. The molecule has 2 atom stereocenters. The van der Waals surface area contributed by atoms with Crippen LogP contribution in [-0.4, -0.2) is 64.6 Å². The van der Waals surface area contributed by atoms with Gasteiger partial charge in [-0.05, 0) is 54.7 Å². The van der Waals surface area contributed by atoms with Crippen LogP contribution in [0.2, 0.25) is 0 Å². The molecule has 2 heterocycles. The van der Waals surface area contributed by atoms with E-state index in [4.69, 9.17) is 0 Å². The third kappa shape index (κ3) is 8.24. The predicted molar refractivity (Wildman–Crippen MR) is 168 cm³/mol. The summed E-state index contributed by atoms with van der Waals surface area (Å²) in [6, 6.07) is 18.0. The van der Waals surface area contributed by atoms with Crippen molar-refractivity contribution in [1.29, 1.82) is 0 Å². The van der Waals surface area contributed by atoms with Crippen LogP contribution in [-0.2, 0) is 13.0 Å². The van der Waals surface area contributed by atoms with E-state index < -0.39 is 12.1 Å². The van der Waals surface area contributed by atoms with E-state index in [9.17, 15) is 14.7 Å². The normalized spacial score (nSPS) is 12.5. The van der Waals surface area contributed by atoms with Crippen LogP contribution < -0.4 is 10.2 Å². The van der Waals surface area contributed by atoms with Crippen LogP contribution >= 0.6 is 11.3 Å². The molecule has 2 aromatic carbocycles. The maximum Gasteiger partial charge on any atom is 0.253 e. The Morgan fingerprint density at radius 1 is 1.00 bits per heavy atom. The van der Waals surface area contributed by atoms with Crippen LogP contribution in [0.5, 0.6) is 0 Å². The lowest BCUT2D eigenvalue weighted by Gasteiger charge is -2.29. The Balaban J connectivity index is 1.49. The van der Waals surface area contributed by atoms with Gasteiger partial charge in [-0.1, -0.05) is 50.2 Å².